The minimum absolute atomic E-state index is 0.283. The fourth-order valence-corrected chi connectivity index (χ4v) is 2.98. The number of aromatic nitrogens is 2. The molecule has 0 saturated carbocycles. The molecule has 3 rings (SSSR count). The highest BCUT2D eigenvalue weighted by molar-refractivity contribution is 5.50. The maximum Gasteiger partial charge on any atom is 0.165 e. The third-order valence-corrected chi connectivity index (χ3v) is 4.74. The van der Waals surface area contributed by atoms with Gasteiger partial charge in [-0.2, -0.15) is 0 Å². The summed E-state index contributed by atoms with van der Waals surface area (Å²) in [5, 5.41) is 0. The number of benzene rings is 1. The summed E-state index contributed by atoms with van der Waals surface area (Å²) in [6, 6.07) is 5.57. The predicted molar refractivity (Wildman–Crippen MR) is 91.9 cm³/mol. The highest BCUT2D eigenvalue weighted by Gasteiger charge is 2.32. The summed E-state index contributed by atoms with van der Waals surface area (Å²) in [6.07, 6.45) is 1.62. The van der Waals surface area contributed by atoms with Gasteiger partial charge < -0.3 is 9.64 Å². The Morgan fingerprint density at radius 1 is 1.29 bits per heavy atom. The predicted octanol–water partition coefficient (Wildman–Crippen LogP) is 2.56. The normalized spacial score (nSPS) is 14.8. The van der Waals surface area contributed by atoms with Crippen molar-refractivity contribution in [1.82, 2.24) is 14.9 Å². The van der Waals surface area contributed by atoms with Crippen LogP contribution in [0.5, 0.6) is 5.75 Å². The number of rotatable bonds is 5. The first-order valence-corrected chi connectivity index (χ1v) is 8.05. The molecule has 1 aliphatic rings. The third-order valence-electron chi connectivity index (χ3n) is 4.74. The van der Waals surface area contributed by atoms with Gasteiger partial charge in [-0.1, -0.05) is 6.07 Å². The quantitative estimate of drug-likeness (QED) is 0.843. The maximum absolute atomic E-state index is 13.8. The SMILES string of the molecule is COc1ccc(CN(C)C2CN(c3ncnc(C)c3C)C2)cc1F. The van der Waals surface area contributed by atoms with Crippen LogP contribution in [0.3, 0.4) is 0 Å². The van der Waals surface area contributed by atoms with Gasteiger partial charge in [-0.05, 0) is 38.6 Å². The zero-order valence-electron chi connectivity index (χ0n) is 14.6. The third kappa shape index (κ3) is 3.19. The Bertz CT molecular complexity index is 731. The van der Waals surface area contributed by atoms with Gasteiger partial charge >= 0.3 is 0 Å². The molecule has 1 aromatic carbocycles. The molecule has 0 atom stereocenters. The molecule has 24 heavy (non-hydrogen) atoms. The molecule has 128 valence electrons. The highest BCUT2D eigenvalue weighted by Crippen LogP contribution is 2.26. The molecule has 0 unspecified atom stereocenters. The van der Waals surface area contributed by atoms with Crippen LogP contribution >= 0.6 is 0 Å². The number of nitrogens with zero attached hydrogens (tertiary/aromatic N) is 4. The molecule has 1 aromatic heterocycles. The number of anilines is 1. The summed E-state index contributed by atoms with van der Waals surface area (Å²) in [5.41, 5.74) is 3.10. The first-order valence-electron chi connectivity index (χ1n) is 8.05. The lowest BCUT2D eigenvalue weighted by atomic mass is 10.1. The van der Waals surface area contributed by atoms with Gasteiger partial charge in [0, 0.05) is 36.9 Å². The van der Waals surface area contributed by atoms with Crippen molar-refractivity contribution in [2.24, 2.45) is 0 Å². The summed E-state index contributed by atoms with van der Waals surface area (Å²) >= 11 is 0. The van der Waals surface area contributed by atoms with E-state index in [2.05, 4.69) is 33.7 Å². The van der Waals surface area contributed by atoms with E-state index in [4.69, 9.17) is 4.74 Å². The lowest BCUT2D eigenvalue weighted by Crippen LogP contribution is -2.58. The highest BCUT2D eigenvalue weighted by atomic mass is 19.1. The number of ether oxygens (including phenoxy) is 1. The van der Waals surface area contributed by atoms with Crippen molar-refractivity contribution >= 4 is 5.82 Å². The van der Waals surface area contributed by atoms with E-state index in [1.165, 1.54) is 7.11 Å². The summed E-state index contributed by atoms with van der Waals surface area (Å²) in [4.78, 5) is 13.1. The molecule has 2 heterocycles. The van der Waals surface area contributed by atoms with Gasteiger partial charge in [0.25, 0.3) is 0 Å². The van der Waals surface area contributed by atoms with Gasteiger partial charge in [0.2, 0.25) is 0 Å². The first kappa shape index (κ1) is 16.6. The zero-order chi connectivity index (χ0) is 17.3. The van der Waals surface area contributed by atoms with E-state index in [0.717, 1.165) is 35.7 Å². The van der Waals surface area contributed by atoms with Crippen LogP contribution in [0.4, 0.5) is 10.2 Å². The van der Waals surface area contributed by atoms with Crippen molar-refractivity contribution in [3.63, 3.8) is 0 Å². The molecular weight excluding hydrogens is 307 g/mol. The van der Waals surface area contributed by atoms with E-state index in [1.54, 1.807) is 18.5 Å². The van der Waals surface area contributed by atoms with Crippen LogP contribution < -0.4 is 9.64 Å². The topological polar surface area (TPSA) is 41.5 Å². The Hall–Kier alpha value is -2.21. The number of hydrogen-bond acceptors (Lipinski definition) is 5. The van der Waals surface area contributed by atoms with Crippen LogP contribution in [-0.4, -0.2) is 48.2 Å². The summed E-state index contributed by atoms with van der Waals surface area (Å²) in [5.74, 6) is 0.985. The van der Waals surface area contributed by atoms with Crippen molar-refractivity contribution in [2.75, 3.05) is 32.1 Å². The van der Waals surface area contributed by atoms with Gasteiger partial charge in [0.15, 0.2) is 11.6 Å². The number of hydrogen-bond donors (Lipinski definition) is 0. The summed E-state index contributed by atoms with van der Waals surface area (Å²) < 4.78 is 18.8. The molecule has 0 bridgehead atoms. The average Bonchev–Trinajstić information content (AvgIpc) is 2.50. The van der Waals surface area contributed by atoms with Gasteiger partial charge in [-0.25, -0.2) is 14.4 Å². The van der Waals surface area contributed by atoms with Crippen molar-refractivity contribution in [1.29, 1.82) is 0 Å². The van der Waals surface area contributed by atoms with Crippen molar-refractivity contribution < 1.29 is 9.13 Å². The molecule has 0 amide bonds. The molecule has 6 heteroatoms. The molecule has 1 fully saturated rings. The number of methoxy groups -OCH3 is 1. The Kier molecular flexibility index (Phi) is 4.66. The fraction of sp³-hybridized carbons (Fsp3) is 0.444. The van der Waals surface area contributed by atoms with E-state index in [-0.39, 0.29) is 11.6 Å². The van der Waals surface area contributed by atoms with Crippen LogP contribution in [0.15, 0.2) is 24.5 Å². The Labute approximate surface area is 142 Å². The van der Waals surface area contributed by atoms with Gasteiger partial charge in [0.05, 0.1) is 7.11 Å². The molecule has 1 aliphatic heterocycles. The number of halogens is 1. The van der Waals surface area contributed by atoms with Crippen LogP contribution in [0.25, 0.3) is 0 Å². The van der Waals surface area contributed by atoms with Crippen molar-refractivity contribution in [3.8, 4) is 5.75 Å². The number of likely N-dealkylation sites (N-methyl/N-ethyl adjacent to an activating group) is 1. The van der Waals surface area contributed by atoms with E-state index >= 15 is 0 Å². The van der Waals surface area contributed by atoms with Crippen LogP contribution in [0.1, 0.15) is 16.8 Å². The number of aryl methyl sites for hydroxylation is 1. The van der Waals surface area contributed by atoms with E-state index in [9.17, 15) is 4.39 Å². The largest absolute Gasteiger partial charge is 0.494 e. The van der Waals surface area contributed by atoms with Gasteiger partial charge in [-0.15, -0.1) is 0 Å². The van der Waals surface area contributed by atoms with Crippen LogP contribution in [0.2, 0.25) is 0 Å². The smallest absolute Gasteiger partial charge is 0.165 e. The maximum atomic E-state index is 13.8. The second-order valence-electron chi connectivity index (χ2n) is 6.35. The zero-order valence-corrected chi connectivity index (χ0v) is 14.6. The van der Waals surface area contributed by atoms with Gasteiger partial charge in [-0.3, -0.25) is 4.90 Å². The molecule has 0 spiro atoms. The minimum atomic E-state index is -0.314. The lowest BCUT2D eigenvalue weighted by molar-refractivity contribution is 0.196. The first-order chi connectivity index (χ1) is 11.5. The van der Waals surface area contributed by atoms with Gasteiger partial charge in [0.1, 0.15) is 12.1 Å². The van der Waals surface area contributed by atoms with E-state index in [0.29, 0.717) is 12.6 Å². The second kappa shape index (κ2) is 6.73. The molecular formula is C18H23FN4O. The molecule has 0 N–H and O–H groups in total. The Balaban J connectivity index is 1.59. The molecule has 5 nitrogen and oxygen atoms in total. The summed E-state index contributed by atoms with van der Waals surface area (Å²) in [6.45, 7) is 6.62. The standard InChI is InChI=1S/C18H23FN4O/c1-12-13(2)20-11-21-18(12)23-9-15(10-23)22(3)8-14-5-6-17(24-4)16(19)7-14/h5-7,11,15H,8-10H2,1-4H3. The molecule has 1 saturated heterocycles. The van der Waals surface area contributed by atoms with E-state index in [1.807, 2.05) is 13.0 Å². The van der Waals surface area contributed by atoms with E-state index < -0.39 is 0 Å². The molecule has 0 radical (unpaired) electrons. The molecule has 2 aromatic rings. The fourth-order valence-electron chi connectivity index (χ4n) is 2.98. The van der Waals surface area contributed by atoms with Crippen LogP contribution in [-0.2, 0) is 6.54 Å². The lowest BCUT2D eigenvalue weighted by Gasteiger charge is -2.45. The second-order valence-corrected chi connectivity index (χ2v) is 6.35. The average molecular weight is 330 g/mol. The Morgan fingerprint density at radius 3 is 2.71 bits per heavy atom. The summed E-state index contributed by atoms with van der Waals surface area (Å²) in [7, 11) is 3.55. The minimum Gasteiger partial charge on any atom is -0.494 e. The molecule has 0 aliphatic carbocycles. The van der Waals surface area contributed by atoms with Crippen LogP contribution in [0, 0.1) is 19.7 Å². The Morgan fingerprint density at radius 2 is 2.04 bits per heavy atom. The van der Waals surface area contributed by atoms with Crippen molar-refractivity contribution in [2.45, 2.75) is 26.4 Å². The van der Waals surface area contributed by atoms with Crippen molar-refractivity contribution in [3.05, 3.63) is 47.2 Å². The monoisotopic (exact) mass is 330 g/mol.